The predicted octanol–water partition coefficient (Wildman–Crippen LogP) is 4.45. The van der Waals surface area contributed by atoms with Crippen molar-refractivity contribution >= 4 is 28.6 Å². The molecule has 0 aliphatic heterocycles. The molecule has 1 aromatic carbocycles. The predicted molar refractivity (Wildman–Crippen MR) is 119 cm³/mol. The van der Waals surface area contributed by atoms with Crippen LogP contribution in [0.5, 0.6) is 0 Å². The second-order valence-corrected chi connectivity index (χ2v) is 8.50. The first-order chi connectivity index (χ1) is 14.9. The molecule has 0 amide bonds. The maximum absolute atomic E-state index is 13.3. The molecule has 0 unspecified atom stereocenters. The molecule has 0 atom stereocenters. The third-order valence-electron chi connectivity index (χ3n) is 5.60. The molecule has 1 aliphatic carbocycles. The maximum Gasteiger partial charge on any atom is 0.260 e. The third kappa shape index (κ3) is 3.57. The highest BCUT2D eigenvalue weighted by Crippen LogP contribution is 2.37. The molecule has 0 radical (unpaired) electrons. The van der Waals surface area contributed by atoms with Gasteiger partial charge >= 0.3 is 0 Å². The first-order valence-electron chi connectivity index (χ1n) is 10.2. The van der Waals surface area contributed by atoms with Crippen LogP contribution >= 0.6 is 11.6 Å². The summed E-state index contributed by atoms with van der Waals surface area (Å²) in [4.78, 5) is 26.6. The van der Waals surface area contributed by atoms with Crippen LogP contribution in [0.1, 0.15) is 32.6 Å². The second kappa shape index (κ2) is 7.16. The van der Waals surface area contributed by atoms with Crippen LogP contribution in [0.3, 0.4) is 0 Å². The van der Waals surface area contributed by atoms with Gasteiger partial charge in [-0.2, -0.15) is 9.97 Å². The van der Waals surface area contributed by atoms with Gasteiger partial charge in [0.15, 0.2) is 0 Å². The fourth-order valence-electron chi connectivity index (χ4n) is 3.58. The quantitative estimate of drug-likeness (QED) is 0.493. The van der Waals surface area contributed by atoms with Crippen molar-refractivity contribution in [2.24, 2.45) is 0 Å². The monoisotopic (exact) mass is 436 g/mol. The summed E-state index contributed by atoms with van der Waals surface area (Å²) in [6, 6.07) is 7.16. The van der Waals surface area contributed by atoms with Crippen LogP contribution in [-0.4, -0.2) is 30.2 Å². The molecule has 3 aromatic heterocycles. The lowest BCUT2D eigenvalue weighted by molar-refractivity contribution is 0.394. The Morgan fingerprint density at radius 1 is 1.23 bits per heavy atom. The van der Waals surface area contributed by atoms with Gasteiger partial charge in [-0.15, -0.1) is 0 Å². The molecule has 0 saturated heterocycles. The van der Waals surface area contributed by atoms with E-state index < -0.39 is 0 Å². The maximum atomic E-state index is 13.3. The molecule has 0 spiro atoms. The van der Waals surface area contributed by atoms with Crippen molar-refractivity contribution in [3.8, 4) is 22.5 Å². The topological polar surface area (TPSA) is 98.7 Å². The van der Waals surface area contributed by atoms with E-state index in [2.05, 4.69) is 32.3 Å². The number of anilines is 1. The summed E-state index contributed by atoms with van der Waals surface area (Å²) in [7, 11) is 0. The van der Waals surface area contributed by atoms with Crippen molar-refractivity contribution < 1.29 is 4.52 Å². The summed E-state index contributed by atoms with van der Waals surface area (Å²) >= 11 is 6.57. The smallest absolute Gasteiger partial charge is 0.260 e. The normalized spacial score (nSPS) is 14.7. The molecule has 1 N–H and O–H groups in total. The Balaban J connectivity index is 1.60. The van der Waals surface area contributed by atoms with Gasteiger partial charge in [-0.25, -0.2) is 4.98 Å². The van der Waals surface area contributed by atoms with Gasteiger partial charge in [0.1, 0.15) is 5.65 Å². The van der Waals surface area contributed by atoms with E-state index in [1.165, 1.54) is 0 Å². The van der Waals surface area contributed by atoms with Gasteiger partial charge in [0.25, 0.3) is 5.56 Å². The van der Waals surface area contributed by atoms with Crippen molar-refractivity contribution in [2.45, 2.75) is 45.7 Å². The average Bonchev–Trinajstić information content (AvgIpc) is 3.30. The van der Waals surface area contributed by atoms with Crippen LogP contribution in [0.2, 0.25) is 5.02 Å². The molecule has 31 heavy (non-hydrogen) atoms. The molecular weight excluding hydrogens is 416 g/mol. The Kier molecular flexibility index (Phi) is 4.55. The summed E-state index contributed by atoms with van der Waals surface area (Å²) in [5, 5.41) is 8.48. The Morgan fingerprint density at radius 2 is 2.03 bits per heavy atom. The highest BCUT2D eigenvalue weighted by Gasteiger charge is 2.37. The highest BCUT2D eigenvalue weighted by molar-refractivity contribution is 6.33. The molecule has 4 aromatic rings. The van der Waals surface area contributed by atoms with Crippen LogP contribution in [-0.2, 0) is 6.54 Å². The molecule has 9 heteroatoms. The summed E-state index contributed by atoms with van der Waals surface area (Å²) in [6.07, 6.45) is 3.92. The molecule has 0 bridgehead atoms. The van der Waals surface area contributed by atoms with Gasteiger partial charge in [0.05, 0.1) is 0 Å². The van der Waals surface area contributed by atoms with E-state index in [0.717, 1.165) is 23.8 Å². The number of nitrogens with one attached hydrogen (secondary N) is 1. The van der Waals surface area contributed by atoms with Crippen LogP contribution in [0, 0.1) is 6.92 Å². The molecule has 158 valence electrons. The van der Waals surface area contributed by atoms with Crippen LogP contribution in [0.25, 0.3) is 33.5 Å². The van der Waals surface area contributed by atoms with E-state index in [1.807, 2.05) is 13.0 Å². The minimum absolute atomic E-state index is 0.0530. The number of halogens is 1. The molecule has 5 rings (SSSR count). The molecule has 3 heterocycles. The van der Waals surface area contributed by atoms with Crippen LogP contribution in [0.15, 0.2) is 39.8 Å². The van der Waals surface area contributed by atoms with Crippen molar-refractivity contribution in [1.29, 1.82) is 0 Å². The van der Waals surface area contributed by atoms with Gasteiger partial charge < -0.3 is 9.84 Å². The fourth-order valence-corrected chi connectivity index (χ4v) is 3.86. The number of hydrogen-bond donors (Lipinski definition) is 1. The van der Waals surface area contributed by atoms with Gasteiger partial charge in [0, 0.05) is 52.3 Å². The lowest BCUT2D eigenvalue weighted by Crippen LogP contribution is -2.23. The van der Waals surface area contributed by atoms with Crippen LogP contribution < -0.4 is 10.9 Å². The summed E-state index contributed by atoms with van der Waals surface area (Å²) in [5.74, 6) is 1.47. The van der Waals surface area contributed by atoms with E-state index in [9.17, 15) is 4.79 Å². The minimum atomic E-state index is -0.151. The fraction of sp³-hybridized carbons (Fsp3) is 0.318. The lowest BCUT2D eigenvalue weighted by Gasteiger charge is -2.15. The Bertz CT molecular complexity index is 1370. The summed E-state index contributed by atoms with van der Waals surface area (Å²) in [5.41, 5.74) is 2.35. The number of pyridine rings is 1. The van der Waals surface area contributed by atoms with Crippen LogP contribution in [0.4, 0.5) is 5.95 Å². The zero-order chi connectivity index (χ0) is 21.8. The number of nitrogens with zero attached hydrogens (tertiary/aromatic N) is 5. The Morgan fingerprint density at radius 3 is 2.68 bits per heavy atom. The Labute approximate surface area is 183 Å². The van der Waals surface area contributed by atoms with Gasteiger partial charge in [-0.1, -0.05) is 28.9 Å². The first kappa shape index (κ1) is 19.7. The van der Waals surface area contributed by atoms with Crippen molar-refractivity contribution in [3.63, 3.8) is 0 Å². The SMILES string of the molecule is CCn1c(=O)c(-c2ccc(-c3noc(C)n3)cc2Cl)cc2cnc(NC3(C)CC3)nc21. The minimum Gasteiger partial charge on any atom is -0.349 e. The number of aryl methyl sites for hydroxylation is 2. The van der Waals surface area contributed by atoms with Gasteiger partial charge in [-0.3, -0.25) is 9.36 Å². The van der Waals surface area contributed by atoms with E-state index >= 15 is 0 Å². The number of aromatic nitrogens is 5. The summed E-state index contributed by atoms with van der Waals surface area (Å²) < 4.78 is 6.69. The molecule has 1 saturated carbocycles. The highest BCUT2D eigenvalue weighted by atomic mass is 35.5. The number of rotatable bonds is 5. The lowest BCUT2D eigenvalue weighted by atomic mass is 10.0. The average molecular weight is 437 g/mol. The standard InChI is InChI=1S/C22H21ClN6O2/c1-4-29-19-14(11-24-21(26-19)27-22(3)7-8-22)9-16(20(29)30)15-6-5-13(10-17(15)23)18-25-12(2)31-28-18/h5-6,9-11H,4,7-8H2,1-3H3,(H,24,26,27). The van der Waals surface area contributed by atoms with Crippen molar-refractivity contribution in [3.05, 3.63) is 51.7 Å². The third-order valence-corrected chi connectivity index (χ3v) is 5.91. The van der Waals surface area contributed by atoms with E-state index in [0.29, 0.717) is 46.0 Å². The Hall–Kier alpha value is -3.26. The number of fused-ring (bicyclic) bond motifs is 1. The van der Waals surface area contributed by atoms with Gasteiger partial charge in [0.2, 0.25) is 17.7 Å². The molecule has 1 fully saturated rings. The van der Waals surface area contributed by atoms with Crippen molar-refractivity contribution in [2.75, 3.05) is 5.32 Å². The second-order valence-electron chi connectivity index (χ2n) is 8.10. The summed E-state index contributed by atoms with van der Waals surface area (Å²) in [6.45, 7) is 6.26. The largest absolute Gasteiger partial charge is 0.349 e. The number of benzene rings is 1. The number of hydrogen-bond acceptors (Lipinski definition) is 7. The molecule has 1 aliphatic rings. The molecular formula is C22H21ClN6O2. The van der Waals surface area contributed by atoms with E-state index in [4.69, 9.17) is 16.1 Å². The zero-order valence-electron chi connectivity index (χ0n) is 17.4. The first-order valence-corrected chi connectivity index (χ1v) is 10.5. The van der Waals surface area contributed by atoms with E-state index in [1.54, 1.807) is 35.9 Å². The zero-order valence-corrected chi connectivity index (χ0v) is 18.2. The molecule has 8 nitrogen and oxygen atoms in total. The van der Waals surface area contributed by atoms with E-state index in [-0.39, 0.29) is 11.1 Å². The van der Waals surface area contributed by atoms with Crippen molar-refractivity contribution in [1.82, 2.24) is 24.7 Å². The van der Waals surface area contributed by atoms with Gasteiger partial charge in [-0.05, 0) is 38.8 Å².